The third-order valence-corrected chi connectivity index (χ3v) is 4.78. The minimum Gasteiger partial charge on any atom is -0.497 e. The zero-order chi connectivity index (χ0) is 17.9. The Kier molecular flexibility index (Phi) is 4.59. The van der Waals surface area contributed by atoms with Gasteiger partial charge in [-0.2, -0.15) is 0 Å². The molecule has 0 fully saturated rings. The first kappa shape index (κ1) is 16.6. The van der Waals surface area contributed by atoms with Crippen molar-refractivity contribution in [3.63, 3.8) is 0 Å². The summed E-state index contributed by atoms with van der Waals surface area (Å²) in [6, 6.07) is 26.4. The number of imidazole rings is 1. The molecule has 3 aromatic carbocycles. The number of H-pyrrole nitrogens is 1. The van der Waals surface area contributed by atoms with E-state index in [1.54, 1.807) is 7.11 Å². The number of ether oxygens (including phenoxy) is 1. The van der Waals surface area contributed by atoms with Crippen LogP contribution in [-0.4, -0.2) is 17.1 Å². The maximum atomic E-state index is 5.28. The molecule has 128 valence electrons. The average molecular weight is 405 g/mol. The molecule has 0 saturated carbocycles. The van der Waals surface area contributed by atoms with Gasteiger partial charge in [-0.25, -0.2) is 4.98 Å². The van der Waals surface area contributed by atoms with E-state index in [0.29, 0.717) is 0 Å². The van der Waals surface area contributed by atoms with Crippen LogP contribution in [0.15, 0.2) is 83.3 Å². The van der Waals surface area contributed by atoms with Gasteiger partial charge in [-0.15, -0.1) is 0 Å². The fraction of sp³-hybridized carbons (Fsp3) is 0.0455. The van der Waals surface area contributed by atoms with Gasteiger partial charge in [0, 0.05) is 21.2 Å². The van der Waals surface area contributed by atoms with Gasteiger partial charge >= 0.3 is 0 Å². The molecular weight excluding hydrogens is 388 g/mol. The van der Waals surface area contributed by atoms with E-state index in [4.69, 9.17) is 9.72 Å². The Morgan fingerprint density at radius 3 is 2.08 bits per heavy atom. The fourth-order valence-corrected chi connectivity index (χ4v) is 3.15. The quantitative estimate of drug-likeness (QED) is 0.440. The summed E-state index contributed by atoms with van der Waals surface area (Å²) in [6.07, 6.45) is 0. The molecular formula is C22H17BrN2O. The summed E-state index contributed by atoms with van der Waals surface area (Å²) in [7, 11) is 1.67. The maximum absolute atomic E-state index is 5.28. The Morgan fingerprint density at radius 2 is 1.42 bits per heavy atom. The number of hydrogen-bond donors (Lipinski definition) is 1. The summed E-state index contributed by atoms with van der Waals surface area (Å²) in [5.41, 5.74) is 5.13. The average Bonchev–Trinajstić information content (AvgIpc) is 3.15. The van der Waals surface area contributed by atoms with Crippen LogP contribution in [0.3, 0.4) is 0 Å². The van der Waals surface area contributed by atoms with Crippen LogP contribution < -0.4 is 4.74 Å². The van der Waals surface area contributed by atoms with Gasteiger partial charge < -0.3 is 9.72 Å². The summed E-state index contributed by atoms with van der Waals surface area (Å²) >= 11 is 3.48. The number of methoxy groups -OCH3 is 1. The number of aromatic nitrogens is 2. The van der Waals surface area contributed by atoms with Gasteiger partial charge in [0.25, 0.3) is 0 Å². The minimum absolute atomic E-state index is 0.836. The van der Waals surface area contributed by atoms with Gasteiger partial charge in [0.1, 0.15) is 11.6 Å². The highest BCUT2D eigenvalue weighted by Gasteiger charge is 2.15. The van der Waals surface area contributed by atoms with E-state index < -0.39 is 0 Å². The predicted octanol–water partition coefficient (Wildman–Crippen LogP) is 6.18. The van der Waals surface area contributed by atoms with E-state index in [1.807, 2.05) is 54.6 Å². The van der Waals surface area contributed by atoms with E-state index in [9.17, 15) is 0 Å². The highest BCUT2D eigenvalue weighted by Crippen LogP contribution is 2.33. The fourth-order valence-electron chi connectivity index (χ4n) is 2.89. The second kappa shape index (κ2) is 7.18. The van der Waals surface area contributed by atoms with Crippen molar-refractivity contribution in [3.8, 4) is 39.7 Å². The number of aromatic amines is 1. The Bertz CT molecular complexity index is 1010. The molecule has 1 N–H and O–H groups in total. The Labute approximate surface area is 160 Å². The molecule has 1 heterocycles. The van der Waals surface area contributed by atoms with Crippen molar-refractivity contribution in [3.05, 3.63) is 83.3 Å². The molecule has 0 amide bonds. The molecule has 0 saturated heterocycles. The lowest BCUT2D eigenvalue weighted by Crippen LogP contribution is -1.85. The summed E-state index contributed by atoms with van der Waals surface area (Å²) < 4.78 is 6.32. The molecule has 1 aromatic heterocycles. The maximum Gasteiger partial charge on any atom is 0.138 e. The summed E-state index contributed by atoms with van der Waals surface area (Å²) in [6.45, 7) is 0. The van der Waals surface area contributed by atoms with Crippen LogP contribution in [0.4, 0.5) is 0 Å². The molecule has 26 heavy (non-hydrogen) atoms. The van der Waals surface area contributed by atoms with Crippen LogP contribution in [0.5, 0.6) is 5.75 Å². The smallest absolute Gasteiger partial charge is 0.138 e. The molecule has 0 bridgehead atoms. The third-order valence-electron chi connectivity index (χ3n) is 4.25. The van der Waals surface area contributed by atoms with Crippen LogP contribution in [0, 0.1) is 0 Å². The number of halogens is 1. The number of nitrogens with zero attached hydrogens (tertiary/aromatic N) is 1. The summed E-state index contributed by atoms with van der Waals surface area (Å²) in [5, 5.41) is 0. The van der Waals surface area contributed by atoms with E-state index in [2.05, 4.69) is 45.2 Å². The highest BCUT2D eigenvalue weighted by atomic mass is 79.9. The molecule has 0 radical (unpaired) electrons. The Morgan fingerprint density at radius 1 is 0.769 bits per heavy atom. The molecule has 0 unspecified atom stereocenters. The number of benzene rings is 3. The lowest BCUT2D eigenvalue weighted by Gasteiger charge is -2.04. The number of nitrogens with one attached hydrogen (secondary N) is 1. The van der Waals surface area contributed by atoms with Crippen molar-refractivity contribution in [2.75, 3.05) is 7.11 Å². The van der Waals surface area contributed by atoms with Crippen molar-refractivity contribution in [2.45, 2.75) is 0 Å². The second-order valence-electron chi connectivity index (χ2n) is 5.91. The molecule has 0 spiro atoms. The second-order valence-corrected chi connectivity index (χ2v) is 6.83. The highest BCUT2D eigenvalue weighted by molar-refractivity contribution is 9.10. The molecule has 4 rings (SSSR count). The Hall–Kier alpha value is -2.85. The van der Waals surface area contributed by atoms with Crippen LogP contribution in [0.2, 0.25) is 0 Å². The first-order chi connectivity index (χ1) is 12.7. The zero-order valence-electron chi connectivity index (χ0n) is 14.2. The minimum atomic E-state index is 0.836. The summed E-state index contributed by atoms with van der Waals surface area (Å²) in [5.74, 6) is 1.69. The van der Waals surface area contributed by atoms with Crippen LogP contribution in [0.25, 0.3) is 33.9 Å². The van der Waals surface area contributed by atoms with Gasteiger partial charge in [-0.3, -0.25) is 0 Å². The van der Waals surface area contributed by atoms with E-state index in [1.165, 1.54) is 0 Å². The third kappa shape index (κ3) is 3.28. The lowest BCUT2D eigenvalue weighted by atomic mass is 10.1. The van der Waals surface area contributed by atoms with Crippen molar-refractivity contribution >= 4 is 15.9 Å². The number of rotatable bonds is 4. The first-order valence-corrected chi connectivity index (χ1v) is 9.09. The molecule has 0 aliphatic carbocycles. The van der Waals surface area contributed by atoms with E-state index in [0.717, 1.165) is 44.1 Å². The van der Waals surface area contributed by atoms with Crippen molar-refractivity contribution in [2.24, 2.45) is 0 Å². The molecule has 4 heteroatoms. The molecule has 0 aliphatic rings. The zero-order valence-corrected chi connectivity index (χ0v) is 15.8. The number of hydrogen-bond acceptors (Lipinski definition) is 2. The predicted molar refractivity (Wildman–Crippen MR) is 109 cm³/mol. The van der Waals surface area contributed by atoms with Crippen molar-refractivity contribution in [1.29, 1.82) is 0 Å². The van der Waals surface area contributed by atoms with Gasteiger partial charge in [0.15, 0.2) is 0 Å². The van der Waals surface area contributed by atoms with Crippen molar-refractivity contribution in [1.82, 2.24) is 9.97 Å². The topological polar surface area (TPSA) is 37.9 Å². The largest absolute Gasteiger partial charge is 0.497 e. The normalized spacial score (nSPS) is 10.7. The lowest BCUT2D eigenvalue weighted by molar-refractivity contribution is 0.415. The van der Waals surface area contributed by atoms with E-state index in [-0.39, 0.29) is 0 Å². The SMILES string of the molecule is COc1ccc(-c2[nH]c(-c3ccc(Br)cc3)nc2-c2ccccc2)cc1. The van der Waals surface area contributed by atoms with Crippen LogP contribution >= 0.6 is 15.9 Å². The standard InChI is InChI=1S/C22H17BrN2O/c1-26-19-13-9-16(10-14-19)21-20(15-5-3-2-4-6-15)24-22(25-21)17-7-11-18(23)12-8-17/h2-14H,1H3,(H,24,25). The monoisotopic (exact) mass is 404 g/mol. The molecule has 0 atom stereocenters. The first-order valence-electron chi connectivity index (χ1n) is 8.30. The van der Waals surface area contributed by atoms with Gasteiger partial charge in [-0.1, -0.05) is 58.4 Å². The van der Waals surface area contributed by atoms with Crippen molar-refractivity contribution < 1.29 is 4.74 Å². The Balaban J connectivity index is 1.86. The molecule has 0 aliphatic heterocycles. The van der Waals surface area contributed by atoms with Gasteiger partial charge in [0.05, 0.1) is 18.5 Å². The summed E-state index contributed by atoms with van der Waals surface area (Å²) in [4.78, 5) is 8.40. The molecule has 3 nitrogen and oxygen atoms in total. The van der Waals surface area contributed by atoms with Crippen LogP contribution in [0.1, 0.15) is 0 Å². The van der Waals surface area contributed by atoms with Gasteiger partial charge in [-0.05, 0) is 36.4 Å². The van der Waals surface area contributed by atoms with Crippen LogP contribution in [-0.2, 0) is 0 Å². The van der Waals surface area contributed by atoms with Gasteiger partial charge in [0.2, 0.25) is 0 Å². The van der Waals surface area contributed by atoms with E-state index >= 15 is 0 Å². The molecule has 4 aromatic rings.